The second-order valence-corrected chi connectivity index (χ2v) is 5.80. The number of rotatable bonds is 5. The molecule has 0 aliphatic heterocycles. The van der Waals surface area contributed by atoms with Gasteiger partial charge >= 0.3 is 6.18 Å². The van der Waals surface area contributed by atoms with Crippen molar-refractivity contribution in [3.05, 3.63) is 22.7 Å². The molecular weight excluding hydrogens is 353 g/mol. The fourth-order valence-corrected chi connectivity index (χ4v) is 2.35. The molecule has 0 amide bonds. The Morgan fingerprint density at radius 1 is 1.37 bits per heavy atom. The number of alkyl halides is 3. The molecule has 0 bridgehead atoms. The third kappa shape index (κ3) is 5.66. The highest BCUT2D eigenvalue weighted by molar-refractivity contribution is 9.10. The molecule has 1 aromatic rings. The van der Waals surface area contributed by atoms with Gasteiger partial charge in [-0.05, 0) is 18.2 Å². The normalized spacial score (nSPS) is 12.3. The molecule has 2 N–H and O–H groups in total. The molecule has 0 aliphatic carbocycles. The highest BCUT2D eigenvalue weighted by Gasteiger charge is 2.29. The summed E-state index contributed by atoms with van der Waals surface area (Å²) in [6, 6.07) is 4.43. The number of halogens is 4. The van der Waals surface area contributed by atoms with E-state index in [1.807, 2.05) is 4.72 Å². The molecule has 0 heterocycles. The Bertz CT molecular complexity index is 548. The van der Waals surface area contributed by atoms with E-state index in [0.717, 1.165) is 0 Å². The van der Waals surface area contributed by atoms with Gasteiger partial charge in [0, 0.05) is 4.47 Å². The minimum atomic E-state index is -4.63. The van der Waals surface area contributed by atoms with Gasteiger partial charge in [-0.1, -0.05) is 15.9 Å². The van der Waals surface area contributed by atoms with E-state index in [0.29, 0.717) is 4.47 Å². The minimum absolute atomic E-state index is 0.0200. The van der Waals surface area contributed by atoms with Crippen LogP contribution in [0.2, 0.25) is 0 Å². The van der Waals surface area contributed by atoms with Gasteiger partial charge in [0.1, 0.15) is 12.3 Å². The summed E-state index contributed by atoms with van der Waals surface area (Å²) < 4.78 is 67.5. The molecule has 0 fully saturated rings. The second-order valence-electron chi connectivity index (χ2n) is 3.39. The number of hydrogen-bond donors (Lipinski definition) is 2. The highest BCUT2D eigenvalue weighted by atomic mass is 79.9. The van der Waals surface area contributed by atoms with Crippen LogP contribution >= 0.6 is 15.9 Å². The van der Waals surface area contributed by atoms with Crippen molar-refractivity contribution in [1.82, 2.24) is 4.72 Å². The molecule has 0 spiro atoms. The van der Waals surface area contributed by atoms with E-state index >= 15 is 0 Å². The van der Waals surface area contributed by atoms with Gasteiger partial charge in [-0.15, -0.1) is 0 Å². The summed E-state index contributed by atoms with van der Waals surface area (Å²) in [6.07, 6.45) is -4.63. The Balaban J connectivity index is 2.86. The lowest BCUT2D eigenvalue weighted by Crippen LogP contribution is -2.37. The van der Waals surface area contributed by atoms with Gasteiger partial charge in [0.05, 0.1) is 12.8 Å². The first-order valence-corrected chi connectivity index (χ1v) is 7.08. The zero-order chi connectivity index (χ0) is 14.7. The molecule has 10 heteroatoms. The largest absolute Gasteiger partial charge is 0.495 e. The molecule has 0 unspecified atom stereocenters. The van der Waals surface area contributed by atoms with Crippen LogP contribution in [0.15, 0.2) is 22.7 Å². The minimum Gasteiger partial charge on any atom is -0.495 e. The van der Waals surface area contributed by atoms with E-state index in [9.17, 15) is 21.6 Å². The van der Waals surface area contributed by atoms with Crippen molar-refractivity contribution >= 4 is 31.8 Å². The van der Waals surface area contributed by atoms with Gasteiger partial charge in [-0.3, -0.25) is 4.72 Å². The van der Waals surface area contributed by atoms with Gasteiger partial charge in [0.25, 0.3) is 10.2 Å². The number of ether oxygens (including phenoxy) is 1. The summed E-state index contributed by atoms with van der Waals surface area (Å²) in [7, 11) is -3.03. The number of hydrogen-bond acceptors (Lipinski definition) is 3. The predicted molar refractivity (Wildman–Crippen MR) is 67.3 cm³/mol. The topological polar surface area (TPSA) is 67.4 Å². The maximum atomic E-state index is 11.9. The Morgan fingerprint density at radius 2 is 2.00 bits per heavy atom. The van der Waals surface area contributed by atoms with Crippen molar-refractivity contribution < 1.29 is 26.3 Å². The van der Waals surface area contributed by atoms with Crippen molar-refractivity contribution in [2.45, 2.75) is 6.18 Å². The maximum absolute atomic E-state index is 11.9. The van der Waals surface area contributed by atoms with Crippen LogP contribution in [0.25, 0.3) is 0 Å². The highest BCUT2D eigenvalue weighted by Crippen LogP contribution is 2.28. The van der Waals surface area contributed by atoms with Crippen LogP contribution < -0.4 is 14.2 Å². The van der Waals surface area contributed by atoms with Crippen molar-refractivity contribution in [2.75, 3.05) is 18.4 Å². The first-order chi connectivity index (χ1) is 8.63. The maximum Gasteiger partial charge on any atom is 0.402 e. The number of methoxy groups -OCH3 is 1. The molecular formula is C9H10BrF3N2O3S. The molecule has 0 saturated heterocycles. The molecule has 5 nitrogen and oxygen atoms in total. The summed E-state index contributed by atoms with van der Waals surface area (Å²) in [4.78, 5) is 0. The van der Waals surface area contributed by atoms with E-state index in [1.54, 1.807) is 6.07 Å². The average molecular weight is 363 g/mol. The monoisotopic (exact) mass is 362 g/mol. The fourth-order valence-electron chi connectivity index (χ4n) is 1.12. The molecule has 108 valence electrons. The Kier molecular flexibility index (Phi) is 5.04. The van der Waals surface area contributed by atoms with Crippen molar-refractivity contribution in [1.29, 1.82) is 0 Å². The van der Waals surface area contributed by atoms with Crippen molar-refractivity contribution in [2.24, 2.45) is 0 Å². The van der Waals surface area contributed by atoms with Crippen LogP contribution in [0.5, 0.6) is 5.75 Å². The molecule has 1 rings (SSSR count). The van der Waals surface area contributed by atoms with E-state index in [4.69, 9.17) is 4.74 Å². The van der Waals surface area contributed by atoms with Gasteiger partial charge in [-0.2, -0.15) is 26.3 Å². The molecule has 19 heavy (non-hydrogen) atoms. The summed E-state index contributed by atoms with van der Waals surface area (Å²) in [5.74, 6) is 0.181. The Labute approximate surface area is 116 Å². The van der Waals surface area contributed by atoms with Crippen LogP contribution in [0.4, 0.5) is 18.9 Å². The molecule has 0 atom stereocenters. The summed E-state index contributed by atoms with van der Waals surface area (Å²) in [6.45, 7) is -1.65. The molecule has 1 aromatic carbocycles. The van der Waals surface area contributed by atoms with E-state index in [-0.39, 0.29) is 11.4 Å². The number of anilines is 1. The van der Waals surface area contributed by atoms with Gasteiger partial charge < -0.3 is 4.74 Å². The fraction of sp³-hybridized carbons (Fsp3) is 0.333. The van der Waals surface area contributed by atoms with Crippen molar-refractivity contribution in [3.8, 4) is 5.75 Å². The van der Waals surface area contributed by atoms with Crippen LogP contribution in [0.1, 0.15) is 0 Å². The summed E-state index contributed by atoms with van der Waals surface area (Å²) in [5, 5.41) is 0. The smallest absolute Gasteiger partial charge is 0.402 e. The van der Waals surface area contributed by atoms with Gasteiger partial charge in [-0.25, -0.2) is 0 Å². The van der Waals surface area contributed by atoms with E-state index in [2.05, 4.69) is 15.9 Å². The third-order valence-corrected chi connectivity index (χ3v) is 3.37. The lowest BCUT2D eigenvalue weighted by molar-refractivity contribution is -0.121. The van der Waals surface area contributed by atoms with Crippen LogP contribution in [0.3, 0.4) is 0 Å². The van der Waals surface area contributed by atoms with E-state index < -0.39 is 22.9 Å². The van der Waals surface area contributed by atoms with Crippen LogP contribution in [0, 0.1) is 0 Å². The van der Waals surface area contributed by atoms with Gasteiger partial charge in [0.15, 0.2) is 0 Å². The Morgan fingerprint density at radius 3 is 2.53 bits per heavy atom. The summed E-state index contributed by atoms with van der Waals surface area (Å²) >= 11 is 3.11. The third-order valence-electron chi connectivity index (χ3n) is 1.87. The number of nitrogens with one attached hydrogen (secondary N) is 2. The van der Waals surface area contributed by atoms with Crippen molar-refractivity contribution in [3.63, 3.8) is 0 Å². The SMILES string of the molecule is COc1ccc(Br)cc1NS(=O)(=O)NCC(F)(F)F. The molecule has 0 saturated carbocycles. The summed E-state index contributed by atoms with van der Waals surface area (Å²) in [5.41, 5.74) is 0.0200. The van der Waals surface area contributed by atoms with Crippen LogP contribution in [-0.2, 0) is 10.2 Å². The van der Waals surface area contributed by atoms with Gasteiger partial charge in [0.2, 0.25) is 0 Å². The average Bonchev–Trinajstić information content (AvgIpc) is 2.26. The number of benzene rings is 1. The zero-order valence-corrected chi connectivity index (χ0v) is 12.0. The van der Waals surface area contributed by atoms with Crippen LogP contribution in [-0.4, -0.2) is 28.2 Å². The Hall–Kier alpha value is -1.00. The first kappa shape index (κ1) is 16.1. The molecule has 0 aromatic heterocycles. The van der Waals surface area contributed by atoms with E-state index in [1.165, 1.54) is 24.0 Å². The zero-order valence-electron chi connectivity index (χ0n) is 9.58. The predicted octanol–water partition coefficient (Wildman–Crippen LogP) is 2.27. The second kappa shape index (κ2) is 5.97. The molecule has 0 radical (unpaired) electrons. The standard InChI is InChI=1S/C9H10BrF3N2O3S/c1-18-8-3-2-6(10)4-7(8)15-19(16,17)14-5-9(11,12)13/h2-4,14-15H,5H2,1H3. The molecule has 0 aliphatic rings. The first-order valence-electron chi connectivity index (χ1n) is 4.81. The quantitative estimate of drug-likeness (QED) is 0.844. The lowest BCUT2D eigenvalue weighted by Gasteiger charge is -2.13. The lowest BCUT2D eigenvalue weighted by atomic mass is 10.3.